The van der Waals surface area contributed by atoms with Crippen molar-refractivity contribution >= 4 is 5.91 Å². The Morgan fingerprint density at radius 1 is 1.43 bits per heavy atom. The molecule has 0 aromatic rings. The molecule has 1 saturated heterocycles. The molecule has 3 nitrogen and oxygen atoms in total. The highest BCUT2D eigenvalue weighted by atomic mass is 16.2. The Morgan fingerprint density at radius 2 is 2.21 bits per heavy atom. The minimum Gasteiger partial charge on any atom is -0.325 e. The van der Waals surface area contributed by atoms with E-state index in [0.29, 0.717) is 17.9 Å². The quantitative estimate of drug-likeness (QED) is 0.678. The first-order valence-electron chi connectivity index (χ1n) is 5.79. The fourth-order valence-corrected chi connectivity index (χ4v) is 3.03. The van der Waals surface area contributed by atoms with Crippen molar-refractivity contribution in [2.75, 3.05) is 6.67 Å². The number of rotatable bonds is 1. The third-order valence-corrected chi connectivity index (χ3v) is 4.22. The van der Waals surface area contributed by atoms with Gasteiger partial charge in [-0.3, -0.25) is 10.1 Å². The summed E-state index contributed by atoms with van der Waals surface area (Å²) in [6.07, 6.45) is 5.92. The average Bonchev–Trinajstić information content (AvgIpc) is 2.75. The van der Waals surface area contributed by atoms with Crippen molar-refractivity contribution in [3.63, 3.8) is 0 Å². The zero-order valence-electron chi connectivity index (χ0n) is 8.75. The number of nitrogens with one attached hydrogen (secondary N) is 1. The summed E-state index contributed by atoms with van der Waals surface area (Å²) < 4.78 is 0. The molecule has 14 heavy (non-hydrogen) atoms. The Bertz CT molecular complexity index is 272. The number of amides is 1. The van der Waals surface area contributed by atoms with Gasteiger partial charge < -0.3 is 4.90 Å². The third-order valence-electron chi connectivity index (χ3n) is 4.22. The molecule has 0 bridgehead atoms. The predicted molar refractivity (Wildman–Crippen MR) is 53.6 cm³/mol. The third kappa shape index (κ3) is 1.05. The lowest BCUT2D eigenvalue weighted by molar-refractivity contribution is -0.132. The van der Waals surface area contributed by atoms with Crippen LogP contribution in [0.5, 0.6) is 0 Å². The predicted octanol–water partition coefficient (Wildman–Crippen LogP) is 1.10. The summed E-state index contributed by atoms with van der Waals surface area (Å²) in [5.41, 5.74) is -0.0949. The van der Waals surface area contributed by atoms with Gasteiger partial charge in [-0.25, -0.2) is 0 Å². The van der Waals surface area contributed by atoms with Gasteiger partial charge in [0.1, 0.15) is 0 Å². The summed E-state index contributed by atoms with van der Waals surface area (Å²) in [7, 11) is 0. The van der Waals surface area contributed by atoms with Gasteiger partial charge in [-0.2, -0.15) is 0 Å². The molecule has 2 saturated carbocycles. The van der Waals surface area contributed by atoms with Gasteiger partial charge in [0.05, 0.1) is 12.2 Å². The summed E-state index contributed by atoms with van der Waals surface area (Å²) >= 11 is 0. The maximum atomic E-state index is 12.1. The number of carbonyl (C=O) groups is 1. The second kappa shape index (κ2) is 2.72. The van der Waals surface area contributed by atoms with Crippen LogP contribution in [0.25, 0.3) is 0 Å². The Hall–Kier alpha value is -0.570. The van der Waals surface area contributed by atoms with Crippen LogP contribution in [0.3, 0.4) is 0 Å². The van der Waals surface area contributed by atoms with Crippen LogP contribution in [0.15, 0.2) is 0 Å². The Kier molecular flexibility index (Phi) is 1.69. The molecule has 3 aliphatic rings. The van der Waals surface area contributed by atoms with Crippen LogP contribution in [-0.4, -0.2) is 29.1 Å². The topological polar surface area (TPSA) is 32.3 Å². The summed E-state index contributed by atoms with van der Waals surface area (Å²) in [6, 6.07) is 0.523. The van der Waals surface area contributed by atoms with E-state index in [2.05, 4.69) is 17.1 Å². The lowest BCUT2D eigenvalue weighted by Gasteiger charge is -2.27. The second-order valence-corrected chi connectivity index (χ2v) is 5.17. The summed E-state index contributed by atoms with van der Waals surface area (Å²) in [5, 5.41) is 3.38. The molecule has 78 valence electrons. The van der Waals surface area contributed by atoms with Gasteiger partial charge in [0.25, 0.3) is 0 Å². The first kappa shape index (κ1) is 8.72. The maximum absolute atomic E-state index is 12.1. The van der Waals surface area contributed by atoms with Crippen molar-refractivity contribution in [3.8, 4) is 0 Å². The number of carbonyl (C=O) groups excluding carboxylic acids is 1. The number of hydrogen-bond acceptors (Lipinski definition) is 2. The fraction of sp³-hybridized carbons (Fsp3) is 0.909. The zero-order valence-corrected chi connectivity index (χ0v) is 8.75. The van der Waals surface area contributed by atoms with Gasteiger partial charge >= 0.3 is 0 Å². The second-order valence-electron chi connectivity index (χ2n) is 5.17. The standard InChI is InChI=1S/C11H18N2O/c1-8-3-2-4-9(8)13-7-12-11(5-6-11)10(13)14/h8-9,12H,2-7H2,1H3. The summed E-state index contributed by atoms with van der Waals surface area (Å²) in [4.78, 5) is 14.2. The molecular weight excluding hydrogens is 176 g/mol. The van der Waals surface area contributed by atoms with Crippen LogP contribution < -0.4 is 5.32 Å². The van der Waals surface area contributed by atoms with E-state index in [4.69, 9.17) is 0 Å². The Balaban J connectivity index is 1.77. The van der Waals surface area contributed by atoms with E-state index < -0.39 is 0 Å². The Labute approximate surface area is 84.8 Å². The van der Waals surface area contributed by atoms with Crippen molar-refractivity contribution in [1.29, 1.82) is 0 Å². The van der Waals surface area contributed by atoms with E-state index in [9.17, 15) is 4.79 Å². The van der Waals surface area contributed by atoms with Gasteiger partial charge in [-0.05, 0) is 31.6 Å². The minimum atomic E-state index is -0.0949. The molecule has 0 aromatic heterocycles. The molecule has 2 aliphatic carbocycles. The van der Waals surface area contributed by atoms with Crippen molar-refractivity contribution < 1.29 is 4.79 Å². The Morgan fingerprint density at radius 3 is 2.71 bits per heavy atom. The van der Waals surface area contributed by atoms with Crippen molar-refractivity contribution in [1.82, 2.24) is 10.2 Å². The maximum Gasteiger partial charge on any atom is 0.244 e. The highest BCUT2D eigenvalue weighted by Gasteiger charge is 2.57. The van der Waals surface area contributed by atoms with Crippen molar-refractivity contribution in [2.24, 2.45) is 5.92 Å². The molecule has 1 amide bonds. The smallest absolute Gasteiger partial charge is 0.244 e. The molecular formula is C11H18N2O. The van der Waals surface area contributed by atoms with E-state index >= 15 is 0 Å². The van der Waals surface area contributed by atoms with Gasteiger partial charge in [0.15, 0.2) is 0 Å². The molecule has 1 spiro atoms. The van der Waals surface area contributed by atoms with Crippen LogP contribution in [0.2, 0.25) is 0 Å². The van der Waals surface area contributed by atoms with Gasteiger partial charge in [-0.1, -0.05) is 13.3 Å². The van der Waals surface area contributed by atoms with Crippen molar-refractivity contribution in [2.45, 2.75) is 50.6 Å². The van der Waals surface area contributed by atoms with E-state index in [0.717, 1.165) is 19.5 Å². The van der Waals surface area contributed by atoms with E-state index in [-0.39, 0.29) is 5.54 Å². The molecule has 0 radical (unpaired) electrons. The molecule has 0 aromatic carbocycles. The molecule has 3 heteroatoms. The van der Waals surface area contributed by atoms with Gasteiger partial charge in [0.2, 0.25) is 5.91 Å². The highest BCUT2D eigenvalue weighted by Crippen LogP contribution is 2.43. The molecule has 3 fully saturated rings. The lowest BCUT2D eigenvalue weighted by Crippen LogP contribution is -2.40. The molecule has 2 unspecified atom stereocenters. The van der Waals surface area contributed by atoms with Crippen LogP contribution in [0.4, 0.5) is 0 Å². The summed E-state index contributed by atoms with van der Waals surface area (Å²) in [5.74, 6) is 1.09. The highest BCUT2D eigenvalue weighted by molar-refractivity contribution is 5.91. The molecule has 1 N–H and O–H groups in total. The van der Waals surface area contributed by atoms with Crippen LogP contribution >= 0.6 is 0 Å². The monoisotopic (exact) mass is 194 g/mol. The van der Waals surface area contributed by atoms with E-state index in [1.54, 1.807) is 0 Å². The van der Waals surface area contributed by atoms with Crippen LogP contribution in [0.1, 0.15) is 39.0 Å². The minimum absolute atomic E-state index is 0.0949. The first-order valence-corrected chi connectivity index (χ1v) is 5.79. The van der Waals surface area contributed by atoms with Gasteiger partial charge in [0, 0.05) is 6.04 Å². The SMILES string of the molecule is CC1CCCC1N1CNC2(CC2)C1=O. The number of nitrogens with zero attached hydrogens (tertiary/aromatic N) is 1. The van der Waals surface area contributed by atoms with Crippen molar-refractivity contribution in [3.05, 3.63) is 0 Å². The number of hydrogen-bond donors (Lipinski definition) is 1. The largest absolute Gasteiger partial charge is 0.325 e. The van der Waals surface area contributed by atoms with Gasteiger partial charge in [-0.15, -0.1) is 0 Å². The van der Waals surface area contributed by atoms with E-state index in [1.807, 2.05) is 0 Å². The molecule has 1 heterocycles. The average molecular weight is 194 g/mol. The van der Waals surface area contributed by atoms with Crippen LogP contribution in [0, 0.1) is 5.92 Å². The molecule has 2 atom stereocenters. The fourth-order valence-electron chi connectivity index (χ4n) is 3.03. The van der Waals surface area contributed by atoms with E-state index in [1.165, 1.54) is 19.3 Å². The molecule has 3 rings (SSSR count). The molecule has 1 aliphatic heterocycles. The normalized spacial score (nSPS) is 39.8. The first-order chi connectivity index (χ1) is 6.73. The zero-order chi connectivity index (χ0) is 9.76. The summed E-state index contributed by atoms with van der Waals surface area (Å²) in [6.45, 7) is 3.08. The van der Waals surface area contributed by atoms with Crippen LogP contribution in [-0.2, 0) is 4.79 Å². The lowest BCUT2D eigenvalue weighted by atomic mass is 10.0.